The van der Waals surface area contributed by atoms with Crippen LogP contribution in [0.5, 0.6) is 0 Å². The molecule has 0 amide bonds. The Hall–Kier alpha value is -0.782. The van der Waals surface area contributed by atoms with Crippen molar-refractivity contribution in [1.29, 1.82) is 0 Å². The Morgan fingerprint density at radius 2 is 1.22 bits per heavy atom. The third kappa shape index (κ3) is 3.16. The number of nitrogens with zero attached hydrogens (tertiary/aromatic N) is 1. The van der Waals surface area contributed by atoms with Gasteiger partial charge in [-0.05, 0) is 19.1 Å². The van der Waals surface area contributed by atoms with Crippen LogP contribution in [0.25, 0.3) is 0 Å². The molecule has 2 aromatic rings. The standard InChI is InChI=1S/C16H20N.Sb/c1-14(15-10-6-4-7-11-15)17(2,3)16-12-8-5-9-13-16;/h4-14H,1-3H3;/q+1;+3. The van der Waals surface area contributed by atoms with Crippen molar-refractivity contribution < 1.29 is 0 Å². The molecule has 0 aliphatic rings. The third-order valence-corrected chi connectivity index (χ3v) is 3.67. The van der Waals surface area contributed by atoms with Crippen LogP contribution in [0, 0.1) is 0 Å². The molecular weight excluding hydrogens is 328 g/mol. The molecule has 1 unspecified atom stereocenters. The molecule has 2 radical (unpaired) electrons. The molecular formula is C16H20NSb+4. The first-order valence-corrected chi connectivity index (χ1v) is 6.06. The Bertz CT molecular complexity index is 465. The van der Waals surface area contributed by atoms with Crippen LogP contribution >= 0.6 is 0 Å². The molecule has 18 heavy (non-hydrogen) atoms. The second kappa shape index (κ2) is 6.40. The van der Waals surface area contributed by atoms with Gasteiger partial charge in [0, 0.05) is 5.56 Å². The predicted octanol–water partition coefficient (Wildman–Crippen LogP) is 3.63. The van der Waals surface area contributed by atoms with Crippen LogP contribution in [0.3, 0.4) is 0 Å². The summed E-state index contributed by atoms with van der Waals surface area (Å²) in [5.74, 6) is 0. The summed E-state index contributed by atoms with van der Waals surface area (Å²) in [5.41, 5.74) is 2.71. The number of quaternary nitrogens is 1. The van der Waals surface area contributed by atoms with Gasteiger partial charge in [-0.2, -0.15) is 0 Å². The molecule has 0 aliphatic heterocycles. The molecule has 2 rings (SSSR count). The minimum absolute atomic E-state index is 0. The number of rotatable bonds is 3. The first-order chi connectivity index (χ1) is 8.12. The fourth-order valence-corrected chi connectivity index (χ4v) is 2.14. The zero-order chi connectivity index (χ0) is 12.3. The maximum Gasteiger partial charge on any atom is 3.00 e. The topological polar surface area (TPSA) is 0 Å². The Morgan fingerprint density at radius 3 is 1.72 bits per heavy atom. The summed E-state index contributed by atoms with van der Waals surface area (Å²) in [6.45, 7) is 2.28. The number of benzene rings is 2. The number of hydrogen-bond acceptors (Lipinski definition) is 0. The summed E-state index contributed by atoms with van der Waals surface area (Å²) in [6, 6.07) is 21.8. The van der Waals surface area contributed by atoms with Crippen molar-refractivity contribution in [2.24, 2.45) is 0 Å². The van der Waals surface area contributed by atoms with E-state index in [0.717, 1.165) is 4.48 Å². The molecule has 90 valence electrons. The summed E-state index contributed by atoms with van der Waals surface area (Å²) in [4.78, 5) is 0. The van der Waals surface area contributed by atoms with Crippen LogP contribution in [0.1, 0.15) is 18.5 Å². The average molecular weight is 348 g/mol. The van der Waals surface area contributed by atoms with Crippen molar-refractivity contribution in [2.45, 2.75) is 13.0 Å². The Labute approximate surface area is 127 Å². The molecule has 1 atom stereocenters. The Balaban J connectivity index is 0.00000162. The fraction of sp³-hybridized carbons (Fsp3) is 0.250. The zero-order valence-corrected chi connectivity index (χ0v) is 13.8. The smallest absolute Gasteiger partial charge is 0.290 e. The van der Waals surface area contributed by atoms with Gasteiger partial charge in [0.05, 0.1) is 14.1 Å². The van der Waals surface area contributed by atoms with E-state index in [-0.39, 0.29) is 24.4 Å². The van der Waals surface area contributed by atoms with Crippen molar-refractivity contribution >= 4 is 30.1 Å². The van der Waals surface area contributed by atoms with Gasteiger partial charge in [0.15, 0.2) is 0 Å². The molecule has 0 N–H and O–H groups in total. The molecule has 0 aromatic heterocycles. The van der Waals surface area contributed by atoms with Crippen LogP contribution in [-0.4, -0.2) is 38.5 Å². The second-order valence-corrected chi connectivity index (χ2v) is 4.96. The van der Waals surface area contributed by atoms with Crippen LogP contribution in [0.15, 0.2) is 60.7 Å². The van der Waals surface area contributed by atoms with Gasteiger partial charge in [-0.25, -0.2) is 0 Å². The Morgan fingerprint density at radius 1 is 0.778 bits per heavy atom. The van der Waals surface area contributed by atoms with Gasteiger partial charge in [0.2, 0.25) is 0 Å². The molecule has 0 bridgehead atoms. The van der Waals surface area contributed by atoms with Crippen molar-refractivity contribution in [3.8, 4) is 0 Å². The monoisotopic (exact) mass is 347 g/mol. The summed E-state index contributed by atoms with van der Waals surface area (Å²) >= 11 is 0. The van der Waals surface area contributed by atoms with Crippen molar-refractivity contribution in [2.75, 3.05) is 14.1 Å². The molecule has 2 aromatic carbocycles. The first-order valence-electron chi connectivity index (χ1n) is 6.06. The van der Waals surface area contributed by atoms with E-state index in [1.807, 2.05) is 0 Å². The molecule has 0 spiro atoms. The molecule has 0 saturated carbocycles. The molecule has 2 heteroatoms. The van der Waals surface area contributed by atoms with Gasteiger partial charge in [-0.1, -0.05) is 48.5 Å². The van der Waals surface area contributed by atoms with Gasteiger partial charge in [-0.3, -0.25) is 4.48 Å². The van der Waals surface area contributed by atoms with E-state index in [9.17, 15) is 0 Å². The van der Waals surface area contributed by atoms with Crippen LogP contribution in [0.4, 0.5) is 5.69 Å². The second-order valence-electron chi connectivity index (χ2n) is 4.96. The maximum absolute atomic E-state index is 2.28. The molecule has 1 nitrogen and oxygen atoms in total. The first kappa shape index (κ1) is 15.3. The van der Waals surface area contributed by atoms with E-state index in [2.05, 4.69) is 81.7 Å². The Kier molecular flexibility index (Phi) is 5.43. The van der Waals surface area contributed by atoms with E-state index in [1.54, 1.807) is 0 Å². The van der Waals surface area contributed by atoms with Crippen molar-refractivity contribution in [3.05, 3.63) is 66.2 Å². The SMILES string of the molecule is CC(c1ccccc1)[N+](C)(C)c1ccccc1.[Sb+3]. The normalized spacial score (nSPS) is 12.6. The van der Waals surface area contributed by atoms with Gasteiger partial charge >= 0.3 is 24.4 Å². The molecule has 0 fully saturated rings. The third-order valence-electron chi connectivity index (χ3n) is 3.67. The summed E-state index contributed by atoms with van der Waals surface area (Å²) in [6.07, 6.45) is 0. The summed E-state index contributed by atoms with van der Waals surface area (Å²) in [7, 11) is 4.51. The summed E-state index contributed by atoms with van der Waals surface area (Å²) in [5, 5.41) is 0. The van der Waals surface area contributed by atoms with Gasteiger partial charge in [0.1, 0.15) is 11.7 Å². The van der Waals surface area contributed by atoms with E-state index >= 15 is 0 Å². The molecule has 0 heterocycles. The quantitative estimate of drug-likeness (QED) is 0.587. The van der Waals surface area contributed by atoms with Crippen molar-refractivity contribution in [3.63, 3.8) is 0 Å². The summed E-state index contributed by atoms with van der Waals surface area (Å²) < 4.78 is 0.866. The van der Waals surface area contributed by atoms with Crippen LogP contribution < -0.4 is 4.48 Å². The number of hydrogen-bond donors (Lipinski definition) is 0. The number of para-hydroxylation sites is 1. The van der Waals surface area contributed by atoms with E-state index in [4.69, 9.17) is 0 Å². The minimum atomic E-state index is 0. The van der Waals surface area contributed by atoms with Gasteiger partial charge < -0.3 is 0 Å². The van der Waals surface area contributed by atoms with Crippen molar-refractivity contribution in [1.82, 2.24) is 4.48 Å². The van der Waals surface area contributed by atoms with E-state index in [0.29, 0.717) is 6.04 Å². The van der Waals surface area contributed by atoms with E-state index in [1.165, 1.54) is 11.3 Å². The van der Waals surface area contributed by atoms with Crippen LogP contribution in [-0.2, 0) is 0 Å². The molecule has 0 aliphatic carbocycles. The fourth-order valence-electron chi connectivity index (χ4n) is 2.14. The minimum Gasteiger partial charge on any atom is -0.290 e. The predicted molar refractivity (Wildman–Crippen MR) is 80.7 cm³/mol. The zero-order valence-electron chi connectivity index (χ0n) is 11.2. The van der Waals surface area contributed by atoms with Gasteiger partial charge in [-0.15, -0.1) is 0 Å². The maximum atomic E-state index is 2.28. The van der Waals surface area contributed by atoms with E-state index < -0.39 is 0 Å². The van der Waals surface area contributed by atoms with Gasteiger partial charge in [0.25, 0.3) is 0 Å². The average Bonchev–Trinajstić information content (AvgIpc) is 2.40. The largest absolute Gasteiger partial charge is 3.00 e. The van der Waals surface area contributed by atoms with Crippen LogP contribution in [0.2, 0.25) is 0 Å². The molecule has 0 saturated heterocycles.